The van der Waals surface area contributed by atoms with E-state index in [-0.39, 0.29) is 5.78 Å². The van der Waals surface area contributed by atoms with E-state index in [0.717, 1.165) is 26.0 Å². The van der Waals surface area contributed by atoms with E-state index in [1.165, 1.54) is 0 Å². The number of ketones is 1. The maximum Gasteiger partial charge on any atom is 0.193 e. The number of hydrogen-bond donors (Lipinski definition) is 0. The van der Waals surface area contributed by atoms with Crippen LogP contribution >= 0.6 is 27.3 Å². The lowest BCUT2D eigenvalue weighted by atomic mass is 10.0. The SMILES string of the molecule is Cc1cc(Br)cc(C(=O)c2csc(C)c2)c1. The Bertz CT molecular complexity index is 522. The minimum absolute atomic E-state index is 0.0914. The number of carbonyl (C=O) groups excluding carboxylic acids is 1. The second-order valence-corrected chi connectivity index (χ2v) is 5.82. The van der Waals surface area contributed by atoms with Crippen LogP contribution < -0.4 is 0 Å². The Labute approximate surface area is 107 Å². The number of hydrogen-bond acceptors (Lipinski definition) is 2. The van der Waals surface area contributed by atoms with Gasteiger partial charge in [0.25, 0.3) is 0 Å². The van der Waals surface area contributed by atoms with Gasteiger partial charge in [-0.2, -0.15) is 0 Å². The molecule has 1 aromatic heterocycles. The first-order valence-electron chi connectivity index (χ1n) is 4.93. The summed E-state index contributed by atoms with van der Waals surface area (Å²) in [5.74, 6) is 0.0914. The zero-order valence-electron chi connectivity index (χ0n) is 9.08. The fourth-order valence-electron chi connectivity index (χ4n) is 1.60. The van der Waals surface area contributed by atoms with Gasteiger partial charge in [-0.05, 0) is 43.7 Å². The smallest absolute Gasteiger partial charge is 0.193 e. The van der Waals surface area contributed by atoms with Crippen molar-refractivity contribution < 1.29 is 4.79 Å². The second kappa shape index (κ2) is 4.52. The van der Waals surface area contributed by atoms with Crippen molar-refractivity contribution in [3.05, 3.63) is 55.7 Å². The van der Waals surface area contributed by atoms with Crippen LogP contribution in [0.25, 0.3) is 0 Å². The predicted molar refractivity (Wildman–Crippen MR) is 71.4 cm³/mol. The van der Waals surface area contributed by atoms with E-state index >= 15 is 0 Å². The molecule has 0 aliphatic heterocycles. The van der Waals surface area contributed by atoms with Crippen molar-refractivity contribution >= 4 is 33.0 Å². The third-order valence-corrected chi connectivity index (χ3v) is 3.62. The minimum atomic E-state index is 0.0914. The summed E-state index contributed by atoms with van der Waals surface area (Å²) in [5, 5.41) is 1.91. The molecule has 2 rings (SSSR count). The molecule has 0 N–H and O–H groups in total. The maximum atomic E-state index is 12.1. The molecule has 3 heteroatoms. The summed E-state index contributed by atoms with van der Waals surface area (Å²) in [6.45, 7) is 3.99. The van der Waals surface area contributed by atoms with Crippen molar-refractivity contribution in [1.82, 2.24) is 0 Å². The van der Waals surface area contributed by atoms with Gasteiger partial charge in [0.1, 0.15) is 0 Å². The number of halogens is 1. The summed E-state index contributed by atoms with van der Waals surface area (Å²) in [6.07, 6.45) is 0. The first-order valence-corrected chi connectivity index (χ1v) is 6.60. The fourth-order valence-corrected chi connectivity index (χ4v) is 2.89. The van der Waals surface area contributed by atoms with Crippen LogP contribution in [0.15, 0.2) is 34.1 Å². The third kappa shape index (κ3) is 2.42. The average Bonchev–Trinajstić information content (AvgIpc) is 2.62. The standard InChI is InChI=1S/C13H11BrOS/c1-8-3-10(6-12(14)4-8)13(15)11-5-9(2)16-7-11/h3-7H,1-2H3. The molecule has 0 radical (unpaired) electrons. The normalized spacial score (nSPS) is 10.4. The highest BCUT2D eigenvalue weighted by Crippen LogP contribution is 2.21. The van der Waals surface area contributed by atoms with Crippen LogP contribution in [0.1, 0.15) is 26.4 Å². The minimum Gasteiger partial charge on any atom is -0.289 e. The van der Waals surface area contributed by atoms with E-state index < -0.39 is 0 Å². The average molecular weight is 295 g/mol. The molecule has 0 saturated heterocycles. The van der Waals surface area contributed by atoms with Crippen molar-refractivity contribution in [2.24, 2.45) is 0 Å². The molecule has 0 bridgehead atoms. The quantitative estimate of drug-likeness (QED) is 0.752. The van der Waals surface area contributed by atoms with Gasteiger partial charge in [-0.1, -0.05) is 15.9 Å². The Morgan fingerprint density at radius 3 is 2.44 bits per heavy atom. The molecular formula is C13H11BrOS. The van der Waals surface area contributed by atoms with Gasteiger partial charge < -0.3 is 0 Å². The number of thiophene rings is 1. The van der Waals surface area contributed by atoms with Gasteiger partial charge in [0.05, 0.1) is 0 Å². The van der Waals surface area contributed by atoms with Gasteiger partial charge in [0.2, 0.25) is 0 Å². The summed E-state index contributed by atoms with van der Waals surface area (Å²) in [7, 11) is 0. The zero-order chi connectivity index (χ0) is 11.7. The van der Waals surface area contributed by atoms with E-state index in [0.29, 0.717) is 0 Å². The van der Waals surface area contributed by atoms with Gasteiger partial charge in [-0.15, -0.1) is 11.3 Å². The highest BCUT2D eigenvalue weighted by atomic mass is 79.9. The monoisotopic (exact) mass is 294 g/mol. The number of rotatable bonds is 2. The molecule has 16 heavy (non-hydrogen) atoms. The summed E-state index contributed by atoms with van der Waals surface area (Å²) in [4.78, 5) is 13.3. The lowest BCUT2D eigenvalue weighted by Crippen LogP contribution is -1.99. The van der Waals surface area contributed by atoms with E-state index in [2.05, 4.69) is 15.9 Å². The van der Waals surface area contributed by atoms with Crippen LogP contribution in [-0.2, 0) is 0 Å². The highest BCUT2D eigenvalue weighted by Gasteiger charge is 2.11. The fraction of sp³-hybridized carbons (Fsp3) is 0.154. The Balaban J connectivity index is 2.41. The summed E-state index contributed by atoms with van der Waals surface area (Å²) in [6, 6.07) is 7.71. The van der Waals surface area contributed by atoms with Gasteiger partial charge in [-0.3, -0.25) is 4.79 Å². The molecule has 1 nitrogen and oxygen atoms in total. The molecule has 2 aromatic rings. The van der Waals surface area contributed by atoms with Crippen LogP contribution in [0.4, 0.5) is 0 Å². The first-order chi connectivity index (χ1) is 7.56. The van der Waals surface area contributed by atoms with E-state index in [4.69, 9.17) is 0 Å². The summed E-state index contributed by atoms with van der Waals surface area (Å²) in [5.41, 5.74) is 2.61. The van der Waals surface area contributed by atoms with Gasteiger partial charge in [0, 0.05) is 25.9 Å². The largest absolute Gasteiger partial charge is 0.289 e. The van der Waals surface area contributed by atoms with Crippen molar-refractivity contribution in [2.45, 2.75) is 13.8 Å². The molecule has 0 atom stereocenters. The summed E-state index contributed by atoms with van der Waals surface area (Å²) >= 11 is 5.01. The molecule has 0 spiro atoms. The number of benzene rings is 1. The van der Waals surface area contributed by atoms with Crippen molar-refractivity contribution in [1.29, 1.82) is 0 Å². The van der Waals surface area contributed by atoms with Crippen molar-refractivity contribution in [2.75, 3.05) is 0 Å². The molecular weight excluding hydrogens is 284 g/mol. The van der Waals surface area contributed by atoms with Gasteiger partial charge >= 0.3 is 0 Å². The Hall–Kier alpha value is -0.930. The summed E-state index contributed by atoms with van der Waals surface area (Å²) < 4.78 is 0.947. The second-order valence-electron chi connectivity index (χ2n) is 3.79. The number of aryl methyl sites for hydroxylation is 2. The van der Waals surface area contributed by atoms with Crippen LogP contribution in [0.5, 0.6) is 0 Å². The molecule has 0 aliphatic rings. The van der Waals surface area contributed by atoms with Crippen LogP contribution in [0, 0.1) is 13.8 Å². The maximum absolute atomic E-state index is 12.1. The third-order valence-electron chi connectivity index (χ3n) is 2.30. The van der Waals surface area contributed by atoms with Gasteiger partial charge in [-0.25, -0.2) is 0 Å². The molecule has 82 valence electrons. The molecule has 0 amide bonds. The molecule has 1 heterocycles. The first kappa shape index (κ1) is 11.6. The Kier molecular flexibility index (Phi) is 3.26. The van der Waals surface area contributed by atoms with Crippen molar-refractivity contribution in [3.63, 3.8) is 0 Å². The van der Waals surface area contributed by atoms with E-state index in [1.54, 1.807) is 11.3 Å². The lowest BCUT2D eigenvalue weighted by Gasteiger charge is -2.01. The van der Waals surface area contributed by atoms with Crippen LogP contribution in [0.3, 0.4) is 0 Å². The molecule has 0 aliphatic carbocycles. The van der Waals surface area contributed by atoms with Crippen LogP contribution in [-0.4, -0.2) is 5.78 Å². The van der Waals surface area contributed by atoms with E-state index in [9.17, 15) is 4.79 Å². The number of carbonyl (C=O) groups is 1. The lowest BCUT2D eigenvalue weighted by molar-refractivity contribution is 0.103. The molecule has 1 aromatic carbocycles. The topological polar surface area (TPSA) is 17.1 Å². The molecule has 0 saturated carbocycles. The highest BCUT2D eigenvalue weighted by molar-refractivity contribution is 9.10. The van der Waals surface area contributed by atoms with E-state index in [1.807, 2.05) is 43.5 Å². The molecule has 0 unspecified atom stereocenters. The van der Waals surface area contributed by atoms with Crippen LogP contribution in [0.2, 0.25) is 0 Å². The van der Waals surface area contributed by atoms with Gasteiger partial charge in [0.15, 0.2) is 5.78 Å². The Morgan fingerprint density at radius 2 is 1.88 bits per heavy atom. The van der Waals surface area contributed by atoms with Crippen molar-refractivity contribution in [3.8, 4) is 0 Å². The predicted octanol–water partition coefficient (Wildman–Crippen LogP) is 4.36. The Morgan fingerprint density at radius 1 is 1.12 bits per heavy atom. The zero-order valence-corrected chi connectivity index (χ0v) is 11.5. The molecule has 0 fully saturated rings.